The average molecular weight is 245 g/mol. The molecule has 1 saturated carbocycles. The number of aryl methyl sites for hydroxylation is 2. The minimum Gasteiger partial charge on any atom is -0.383 e. The first-order valence-corrected chi connectivity index (χ1v) is 6.57. The number of anilines is 1. The van der Waals surface area contributed by atoms with Crippen LogP contribution in [0.15, 0.2) is 12.5 Å². The number of imidazole rings is 2. The summed E-state index contributed by atoms with van der Waals surface area (Å²) >= 11 is 0. The molecule has 0 bridgehead atoms. The number of nitrogen functional groups attached to an aromatic ring is 1. The molecule has 2 N–H and O–H groups in total. The zero-order chi connectivity index (χ0) is 12.7. The number of nitrogens with zero attached hydrogens (tertiary/aromatic N) is 4. The highest BCUT2D eigenvalue weighted by Crippen LogP contribution is 2.40. The van der Waals surface area contributed by atoms with Crippen LogP contribution < -0.4 is 5.73 Å². The summed E-state index contributed by atoms with van der Waals surface area (Å²) < 4.78 is 4.29. The van der Waals surface area contributed by atoms with Crippen LogP contribution in [0, 0.1) is 6.92 Å². The zero-order valence-corrected chi connectivity index (χ0v) is 10.9. The van der Waals surface area contributed by atoms with Crippen LogP contribution in [0.4, 0.5) is 5.82 Å². The van der Waals surface area contributed by atoms with Gasteiger partial charge in [0.05, 0.1) is 18.2 Å². The molecule has 0 atom stereocenters. The molecule has 0 radical (unpaired) electrons. The van der Waals surface area contributed by atoms with Gasteiger partial charge in [-0.05, 0) is 26.2 Å². The van der Waals surface area contributed by atoms with Crippen LogP contribution in [0.1, 0.15) is 38.1 Å². The Bertz CT molecular complexity index is 562. The highest BCUT2D eigenvalue weighted by atomic mass is 15.2. The van der Waals surface area contributed by atoms with Gasteiger partial charge in [0, 0.05) is 12.6 Å². The molecule has 2 aromatic heterocycles. The van der Waals surface area contributed by atoms with Crippen LogP contribution in [-0.4, -0.2) is 19.1 Å². The van der Waals surface area contributed by atoms with Gasteiger partial charge in [-0.2, -0.15) is 0 Å². The first-order valence-electron chi connectivity index (χ1n) is 6.57. The Morgan fingerprint density at radius 2 is 2.22 bits per heavy atom. The third kappa shape index (κ3) is 1.70. The topological polar surface area (TPSA) is 61.7 Å². The van der Waals surface area contributed by atoms with Crippen molar-refractivity contribution in [1.29, 1.82) is 0 Å². The van der Waals surface area contributed by atoms with Crippen molar-refractivity contribution in [2.75, 3.05) is 5.73 Å². The zero-order valence-electron chi connectivity index (χ0n) is 10.9. The minimum absolute atomic E-state index is 0.564. The maximum Gasteiger partial charge on any atom is 0.133 e. The van der Waals surface area contributed by atoms with Crippen LogP contribution in [-0.2, 0) is 6.54 Å². The van der Waals surface area contributed by atoms with E-state index in [9.17, 15) is 0 Å². The predicted octanol–water partition coefficient (Wildman–Crippen LogP) is 2.38. The van der Waals surface area contributed by atoms with E-state index in [-0.39, 0.29) is 0 Å². The molecule has 5 heteroatoms. The van der Waals surface area contributed by atoms with Crippen LogP contribution in [0.5, 0.6) is 0 Å². The first-order chi connectivity index (χ1) is 8.72. The van der Waals surface area contributed by atoms with E-state index in [0.29, 0.717) is 6.04 Å². The molecule has 0 spiro atoms. The van der Waals surface area contributed by atoms with Crippen molar-refractivity contribution in [2.45, 2.75) is 45.7 Å². The SMILES string of the molecule is CCCn1cncc1-c1nc(C)n(C2CC2)c1N. The summed E-state index contributed by atoms with van der Waals surface area (Å²) in [6, 6.07) is 0.564. The van der Waals surface area contributed by atoms with Crippen molar-refractivity contribution in [3.8, 4) is 11.4 Å². The molecule has 18 heavy (non-hydrogen) atoms. The lowest BCUT2D eigenvalue weighted by atomic mass is 10.3. The van der Waals surface area contributed by atoms with E-state index in [2.05, 4.69) is 26.0 Å². The number of nitrogens with two attached hydrogens (primary N) is 1. The smallest absolute Gasteiger partial charge is 0.133 e. The highest BCUT2D eigenvalue weighted by Gasteiger charge is 2.29. The number of aromatic nitrogens is 4. The second-order valence-corrected chi connectivity index (χ2v) is 4.97. The lowest BCUT2D eigenvalue weighted by molar-refractivity contribution is 0.683. The van der Waals surface area contributed by atoms with Gasteiger partial charge >= 0.3 is 0 Å². The standard InChI is InChI=1S/C13H19N5/c1-3-6-17-8-15-7-11(17)12-13(14)18(9(2)16-12)10-4-5-10/h7-8,10H,3-6,14H2,1-2H3. The van der Waals surface area contributed by atoms with E-state index in [0.717, 1.165) is 36.0 Å². The van der Waals surface area contributed by atoms with E-state index in [4.69, 9.17) is 5.73 Å². The lowest BCUT2D eigenvalue weighted by Crippen LogP contribution is -2.03. The normalized spacial score (nSPS) is 15.2. The summed E-state index contributed by atoms with van der Waals surface area (Å²) in [4.78, 5) is 8.85. The Morgan fingerprint density at radius 1 is 1.44 bits per heavy atom. The van der Waals surface area contributed by atoms with Gasteiger partial charge in [0.25, 0.3) is 0 Å². The van der Waals surface area contributed by atoms with Gasteiger partial charge in [0.2, 0.25) is 0 Å². The summed E-state index contributed by atoms with van der Waals surface area (Å²) in [7, 11) is 0. The maximum absolute atomic E-state index is 6.26. The molecule has 0 saturated heterocycles. The molecule has 1 aliphatic rings. The molecule has 0 aromatic carbocycles. The fraction of sp³-hybridized carbons (Fsp3) is 0.538. The first kappa shape index (κ1) is 11.3. The Hall–Kier alpha value is -1.78. The molecule has 1 fully saturated rings. The Morgan fingerprint density at radius 3 is 2.89 bits per heavy atom. The predicted molar refractivity (Wildman–Crippen MR) is 71.2 cm³/mol. The second-order valence-electron chi connectivity index (χ2n) is 4.97. The van der Waals surface area contributed by atoms with Crippen molar-refractivity contribution in [1.82, 2.24) is 19.1 Å². The molecule has 1 aliphatic carbocycles. The summed E-state index contributed by atoms with van der Waals surface area (Å²) in [5.74, 6) is 1.79. The summed E-state index contributed by atoms with van der Waals surface area (Å²) in [6.07, 6.45) is 7.21. The van der Waals surface area contributed by atoms with E-state index < -0.39 is 0 Å². The lowest BCUT2D eigenvalue weighted by Gasteiger charge is -2.07. The van der Waals surface area contributed by atoms with Gasteiger partial charge in [-0.25, -0.2) is 9.97 Å². The van der Waals surface area contributed by atoms with Gasteiger partial charge in [0.1, 0.15) is 17.3 Å². The van der Waals surface area contributed by atoms with Gasteiger partial charge in [-0.15, -0.1) is 0 Å². The molecule has 0 amide bonds. The number of rotatable bonds is 4. The van der Waals surface area contributed by atoms with Crippen molar-refractivity contribution in [2.24, 2.45) is 0 Å². The van der Waals surface area contributed by atoms with Crippen molar-refractivity contribution in [3.05, 3.63) is 18.3 Å². The molecular formula is C13H19N5. The average Bonchev–Trinajstić information content (AvgIpc) is 2.99. The number of hydrogen-bond donors (Lipinski definition) is 1. The number of hydrogen-bond acceptors (Lipinski definition) is 3. The van der Waals surface area contributed by atoms with Crippen LogP contribution >= 0.6 is 0 Å². The summed E-state index contributed by atoms with van der Waals surface area (Å²) in [6.45, 7) is 5.13. The van der Waals surface area contributed by atoms with Crippen LogP contribution in [0.3, 0.4) is 0 Å². The molecule has 2 aromatic rings. The third-order valence-corrected chi connectivity index (χ3v) is 3.46. The van der Waals surface area contributed by atoms with Crippen molar-refractivity contribution < 1.29 is 0 Å². The minimum atomic E-state index is 0.564. The fourth-order valence-electron chi connectivity index (χ4n) is 2.48. The van der Waals surface area contributed by atoms with E-state index >= 15 is 0 Å². The molecule has 0 unspecified atom stereocenters. The van der Waals surface area contributed by atoms with Gasteiger partial charge < -0.3 is 14.9 Å². The van der Waals surface area contributed by atoms with E-state index in [1.165, 1.54) is 12.8 Å². The fourth-order valence-corrected chi connectivity index (χ4v) is 2.48. The second kappa shape index (κ2) is 4.15. The quantitative estimate of drug-likeness (QED) is 0.899. The van der Waals surface area contributed by atoms with Gasteiger partial charge in [-0.3, -0.25) is 0 Å². The Balaban J connectivity index is 2.06. The molecule has 2 heterocycles. The van der Waals surface area contributed by atoms with Crippen LogP contribution in [0.25, 0.3) is 11.4 Å². The van der Waals surface area contributed by atoms with Crippen molar-refractivity contribution in [3.63, 3.8) is 0 Å². The Kier molecular flexibility index (Phi) is 2.61. The molecule has 3 rings (SSSR count). The molecule has 0 aliphatic heterocycles. The third-order valence-electron chi connectivity index (χ3n) is 3.46. The monoisotopic (exact) mass is 245 g/mol. The molecule has 5 nitrogen and oxygen atoms in total. The van der Waals surface area contributed by atoms with E-state index in [1.54, 1.807) is 0 Å². The van der Waals surface area contributed by atoms with Crippen molar-refractivity contribution >= 4 is 5.82 Å². The maximum atomic E-state index is 6.26. The largest absolute Gasteiger partial charge is 0.383 e. The van der Waals surface area contributed by atoms with Gasteiger partial charge in [-0.1, -0.05) is 6.92 Å². The van der Waals surface area contributed by atoms with E-state index in [1.807, 2.05) is 19.4 Å². The molecular weight excluding hydrogens is 226 g/mol. The van der Waals surface area contributed by atoms with Crippen LogP contribution in [0.2, 0.25) is 0 Å². The Labute approximate surface area is 107 Å². The summed E-state index contributed by atoms with van der Waals surface area (Å²) in [5.41, 5.74) is 8.17. The molecule has 96 valence electrons. The highest BCUT2D eigenvalue weighted by molar-refractivity contribution is 5.68. The van der Waals surface area contributed by atoms with Gasteiger partial charge in [0.15, 0.2) is 0 Å². The summed E-state index contributed by atoms with van der Waals surface area (Å²) in [5, 5.41) is 0.